The van der Waals surface area contributed by atoms with Gasteiger partial charge in [0.25, 0.3) is 0 Å². The third kappa shape index (κ3) is 5.52. The molecular formula is C17H23NO9S. The Morgan fingerprint density at radius 3 is 2.04 bits per heavy atom. The lowest BCUT2D eigenvalue weighted by atomic mass is 10.1. The van der Waals surface area contributed by atoms with Gasteiger partial charge >= 0.3 is 12.1 Å². The van der Waals surface area contributed by atoms with Crippen molar-refractivity contribution in [3.63, 3.8) is 0 Å². The molecule has 0 radical (unpaired) electrons. The molecule has 0 aliphatic rings. The quantitative estimate of drug-likeness (QED) is 0.370. The molecule has 0 fully saturated rings. The Hall–Kier alpha value is -2.95. The number of anilines is 1. The van der Waals surface area contributed by atoms with E-state index in [0.29, 0.717) is 0 Å². The second-order valence-corrected chi connectivity index (χ2v) is 7.22. The van der Waals surface area contributed by atoms with Crippen molar-refractivity contribution in [3.05, 3.63) is 22.6 Å². The first-order valence-corrected chi connectivity index (χ1v) is 10.00. The van der Waals surface area contributed by atoms with Gasteiger partial charge in [-0.3, -0.25) is 5.32 Å². The first-order valence-electron chi connectivity index (χ1n) is 8.11. The van der Waals surface area contributed by atoms with Crippen LogP contribution in [-0.2, 0) is 24.1 Å². The van der Waals surface area contributed by atoms with Crippen LogP contribution in [0.2, 0.25) is 0 Å². The van der Waals surface area contributed by atoms with Crippen LogP contribution in [0.3, 0.4) is 0 Å². The van der Waals surface area contributed by atoms with Crippen LogP contribution in [0, 0.1) is 0 Å². The van der Waals surface area contributed by atoms with E-state index in [1.165, 1.54) is 33.3 Å². The van der Waals surface area contributed by atoms with E-state index in [0.717, 1.165) is 6.26 Å². The molecule has 1 amide bonds. The highest BCUT2D eigenvalue weighted by molar-refractivity contribution is 7.95. The van der Waals surface area contributed by atoms with Crippen molar-refractivity contribution in [1.82, 2.24) is 0 Å². The molecule has 0 aliphatic heterocycles. The summed E-state index contributed by atoms with van der Waals surface area (Å²) in [7, 11) is -1.51. The summed E-state index contributed by atoms with van der Waals surface area (Å²) in [6.07, 6.45) is -0.116. The summed E-state index contributed by atoms with van der Waals surface area (Å²) in [5, 5.41) is 13.0. The van der Waals surface area contributed by atoms with E-state index in [-0.39, 0.29) is 36.0 Å². The van der Waals surface area contributed by atoms with Crippen molar-refractivity contribution >= 4 is 33.3 Å². The van der Waals surface area contributed by atoms with Gasteiger partial charge in [-0.2, -0.15) is 0 Å². The fourth-order valence-corrected chi connectivity index (χ4v) is 3.02. The second kappa shape index (κ2) is 9.83. The Labute approximate surface area is 163 Å². The average Bonchev–Trinajstić information content (AvgIpc) is 2.60. The van der Waals surface area contributed by atoms with Crippen molar-refractivity contribution in [2.24, 2.45) is 0 Å². The van der Waals surface area contributed by atoms with Gasteiger partial charge in [0.2, 0.25) is 0 Å². The molecule has 0 saturated carbocycles. The van der Waals surface area contributed by atoms with Crippen LogP contribution < -0.4 is 14.8 Å². The molecule has 1 aromatic carbocycles. The van der Waals surface area contributed by atoms with Crippen molar-refractivity contribution in [2.75, 3.05) is 39.0 Å². The summed E-state index contributed by atoms with van der Waals surface area (Å²) in [5.74, 6) is -1.86. The van der Waals surface area contributed by atoms with Gasteiger partial charge < -0.3 is 24.1 Å². The molecule has 10 nitrogen and oxygen atoms in total. The van der Waals surface area contributed by atoms with Crippen molar-refractivity contribution < 1.29 is 42.1 Å². The maximum Gasteiger partial charge on any atom is 0.411 e. The maximum absolute atomic E-state index is 12.1. The molecule has 0 aliphatic carbocycles. The first kappa shape index (κ1) is 23.1. The van der Waals surface area contributed by atoms with Gasteiger partial charge in [-0.15, -0.1) is 0 Å². The highest BCUT2D eigenvalue weighted by Crippen LogP contribution is 2.37. The number of benzene rings is 1. The monoisotopic (exact) mass is 417 g/mol. The number of carbonyl (C=O) groups is 2. The van der Waals surface area contributed by atoms with Gasteiger partial charge in [0, 0.05) is 17.9 Å². The molecule has 2 N–H and O–H groups in total. The van der Waals surface area contributed by atoms with Gasteiger partial charge in [0.1, 0.15) is 0 Å². The predicted molar refractivity (Wildman–Crippen MR) is 101 cm³/mol. The number of esters is 1. The van der Waals surface area contributed by atoms with E-state index in [1.807, 2.05) is 0 Å². The zero-order chi connectivity index (χ0) is 21.5. The molecule has 0 aromatic heterocycles. The highest BCUT2D eigenvalue weighted by Gasteiger charge is 2.30. The van der Waals surface area contributed by atoms with Crippen molar-refractivity contribution in [3.8, 4) is 11.5 Å². The van der Waals surface area contributed by atoms with Crippen molar-refractivity contribution in [2.45, 2.75) is 13.8 Å². The van der Waals surface area contributed by atoms with Crippen LogP contribution in [0.4, 0.5) is 10.5 Å². The number of amides is 1. The standard InChI is InChI=1S/C17H23NO9S/c1-6-26-16(20)15(28(5,22)23)14(19)10-8-12(24-3)13(25-4)9-11(10)18-17(21)27-7-2/h8-9,19H,6-7H2,1-5H3,(H,18,21)/b15-14-. The Balaban J connectivity index is 3.77. The SMILES string of the molecule is CCOC(=O)Nc1cc(OC)c(OC)cc1/C(O)=C(\C(=O)OCC)S(C)(=O)=O. The van der Waals surface area contributed by atoms with E-state index in [9.17, 15) is 23.1 Å². The molecule has 0 saturated heterocycles. The molecule has 0 spiro atoms. The molecule has 156 valence electrons. The van der Waals surface area contributed by atoms with E-state index >= 15 is 0 Å². The largest absolute Gasteiger partial charge is 0.506 e. The van der Waals surface area contributed by atoms with Crippen LogP contribution in [0.1, 0.15) is 19.4 Å². The molecule has 1 aromatic rings. The van der Waals surface area contributed by atoms with E-state index in [4.69, 9.17) is 18.9 Å². The zero-order valence-electron chi connectivity index (χ0n) is 16.2. The maximum atomic E-state index is 12.1. The number of carbonyl (C=O) groups excluding carboxylic acids is 2. The van der Waals surface area contributed by atoms with Crippen LogP contribution in [0.5, 0.6) is 11.5 Å². The number of ether oxygens (including phenoxy) is 4. The third-order valence-corrected chi connectivity index (χ3v) is 4.44. The van der Waals surface area contributed by atoms with E-state index < -0.39 is 32.6 Å². The molecule has 11 heteroatoms. The normalized spacial score (nSPS) is 11.9. The van der Waals surface area contributed by atoms with Crippen LogP contribution in [-0.4, -0.2) is 59.3 Å². The van der Waals surface area contributed by atoms with Crippen LogP contribution >= 0.6 is 0 Å². The number of hydrogen-bond donors (Lipinski definition) is 2. The minimum absolute atomic E-state index is 0.0703. The minimum Gasteiger partial charge on any atom is -0.506 e. The molecule has 0 heterocycles. The highest BCUT2D eigenvalue weighted by atomic mass is 32.2. The topological polar surface area (TPSA) is 137 Å². The Kier molecular flexibility index (Phi) is 8.11. The average molecular weight is 417 g/mol. The number of nitrogens with one attached hydrogen (secondary N) is 1. The molecule has 28 heavy (non-hydrogen) atoms. The Morgan fingerprint density at radius 1 is 1.04 bits per heavy atom. The van der Waals surface area contributed by atoms with E-state index in [2.05, 4.69) is 5.32 Å². The lowest BCUT2D eigenvalue weighted by Crippen LogP contribution is -2.19. The number of hydrogen-bond acceptors (Lipinski definition) is 9. The summed E-state index contributed by atoms with van der Waals surface area (Å²) in [4.78, 5) is 23.0. The van der Waals surface area contributed by atoms with Gasteiger partial charge in [0.15, 0.2) is 32.0 Å². The molecule has 0 unspecified atom stereocenters. The Bertz CT molecular complexity index is 875. The number of sulfone groups is 1. The van der Waals surface area contributed by atoms with Crippen molar-refractivity contribution in [1.29, 1.82) is 0 Å². The number of aliphatic hydroxyl groups excluding tert-OH is 1. The smallest absolute Gasteiger partial charge is 0.411 e. The summed E-state index contributed by atoms with van der Waals surface area (Å²) < 4.78 is 44.0. The molecule has 0 bridgehead atoms. The van der Waals surface area contributed by atoms with Gasteiger partial charge in [-0.1, -0.05) is 0 Å². The number of rotatable bonds is 8. The molecular weight excluding hydrogens is 394 g/mol. The predicted octanol–water partition coefficient (Wildman–Crippen LogP) is 2.11. The minimum atomic E-state index is -4.19. The second-order valence-electron chi connectivity index (χ2n) is 5.27. The van der Waals surface area contributed by atoms with E-state index in [1.54, 1.807) is 6.92 Å². The fourth-order valence-electron chi connectivity index (χ4n) is 2.20. The number of aliphatic hydroxyl groups is 1. The lowest BCUT2D eigenvalue weighted by molar-refractivity contribution is -0.137. The molecule has 1 rings (SSSR count). The summed E-state index contributed by atoms with van der Waals surface area (Å²) in [6, 6.07) is 2.49. The van der Waals surface area contributed by atoms with Crippen LogP contribution in [0.15, 0.2) is 17.0 Å². The van der Waals surface area contributed by atoms with Gasteiger partial charge in [-0.05, 0) is 19.9 Å². The fraction of sp³-hybridized carbons (Fsp3) is 0.412. The molecule has 0 atom stereocenters. The lowest BCUT2D eigenvalue weighted by Gasteiger charge is -2.16. The summed E-state index contributed by atoms with van der Waals surface area (Å²) >= 11 is 0. The summed E-state index contributed by atoms with van der Waals surface area (Å²) in [6.45, 7) is 3.05. The van der Waals surface area contributed by atoms with Gasteiger partial charge in [-0.25, -0.2) is 18.0 Å². The van der Waals surface area contributed by atoms with Gasteiger partial charge in [0.05, 0.1) is 33.1 Å². The number of methoxy groups -OCH3 is 2. The first-order chi connectivity index (χ1) is 13.1. The summed E-state index contributed by atoms with van der Waals surface area (Å²) in [5.41, 5.74) is -0.279. The third-order valence-electron chi connectivity index (χ3n) is 3.34. The Morgan fingerprint density at radius 2 is 1.57 bits per heavy atom. The zero-order valence-corrected chi connectivity index (χ0v) is 17.0. The van der Waals surface area contributed by atoms with Crippen LogP contribution in [0.25, 0.3) is 5.76 Å².